The number of nitrogens with two attached hydrogens (primary N) is 1. The van der Waals surface area contributed by atoms with Gasteiger partial charge >= 0.3 is 0 Å². The van der Waals surface area contributed by atoms with Crippen LogP contribution in [0.5, 0.6) is 0 Å². The average molecular weight is 137 g/mol. The van der Waals surface area contributed by atoms with Gasteiger partial charge in [-0.05, 0) is 24.3 Å². The maximum absolute atomic E-state index is 5.64. The van der Waals surface area contributed by atoms with Crippen molar-refractivity contribution in [1.29, 1.82) is 0 Å². The molecule has 0 amide bonds. The largest absolute Gasteiger partial charge is 0.399 e. The molecule has 0 heterocycles. The Balaban J connectivity index is 2.60. The molecule has 10 heavy (non-hydrogen) atoms. The molecule has 0 bridgehead atoms. The fourth-order valence-corrected chi connectivity index (χ4v) is 1.20. The number of rotatable bonds is 1. The van der Waals surface area contributed by atoms with E-state index in [4.69, 9.17) is 5.73 Å². The third kappa shape index (κ3) is 1.63. The normalized spacial score (nSPS) is 25.1. The minimum Gasteiger partial charge on any atom is -0.399 e. The fourth-order valence-electron chi connectivity index (χ4n) is 1.20. The molecular formula is C9H15N. The van der Waals surface area contributed by atoms with Crippen LogP contribution in [0.1, 0.15) is 20.3 Å². The zero-order chi connectivity index (χ0) is 7.56. The quantitative estimate of drug-likeness (QED) is 0.588. The van der Waals surface area contributed by atoms with E-state index in [0.29, 0.717) is 11.8 Å². The Morgan fingerprint density at radius 2 is 2.30 bits per heavy atom. The third-order valence-electron chi connectivity index (χ3n) is 1.98. The van der Waals surface area contributed by atoms with Crippen molar-refractivity contribution in [3.63, 3.8) is 0 Å². The minimum absolute atomic E-state index is 0.657. The summed E-state index contributed by atoms with van der Waals surface area (Å²) in [7, 11) is 0. The molecule has 0 aromatic rings. The Kier molecular flexibility index (Phi) is 2.15. The molecule has 1 rings (SSSR count). The van der Waals surface area contributed by atoms with Crippen LogP contribution in [0.4, 0.5) is 0 Å². The Labute approximate surface area is 62.6 Å². The topological polar surface area (TPSA) is 26.0 Å². The molecule has 0 saturated heterocycles. The van der Waals surface area contributed by atoms with E-state index in [1.807, 2.05) is 6.08 Å². The maximum atomic E-state index is 5.64. The van der Waals surface area contributed by atoms with Crippen LogP contribution >= 0.6 is 0 Å². The first kappa shape index (κ1) is 7.39. The lowest BCUT2D eigenvalue weighted by molar-refractivity contribution is 0.465. The van der Waals surface area contributed by atoms with Crippen molar-refractivity contribution in [3.8, 4) is 0 Å². The second kappa shape index (κ2) is 2.91. The van der Waals surface area contributed by atoms with E-state index < -0.39 is 0 Å². The molecule has 1 nitrogen and oxygen atoms in total. The van der Waals surface area contributed by atoms with Gasteiger partial charge in [-0.1, -0.05) is 26.0 Å². The number of allylic oxidation sites excluding steroid dienone is 3. The highest BCUT2D eigenvalue weighted by Gasteiger charge is 2.10. The van der Waals surface area contributed by atoms with Crippen molar-refractivity contribution < 1.29 is 0 Å². The van der Waals surface area contributed by atoms with Crippen molar-refractivity contribution in [2.24, 2.45) is 17.6 Å². The number of hydrogen-bond acceptors (Lipinski definition) is 1. The molecule has 1 aliphatic rings. The predicted molar refractivity (Wildman–Crippen MR) is 44.4 cm³/mol. The van der Waals surface area contributed by atoms with Crippen LogP contribution in [0, 0.1) is 11.8 Å². The van der Waals surface area contributed by atoms with Gasteiger partial charge in [0.05, 0.1) is 0 Å². The van der Waals surface area contributed by atoms with E-state index >= 15 is 0 Å². The lowest BCUT2D eigenvalue weighted by Gasteiger charge is -2.18. The molecule has 0 aromatic heterocycles. The van der Waals surface area contributed by atoms with Crippen LogP contribution in [0.2, 0.25) is 0 Å². The van der Waals surface area contributed by atoms with E-state index in [1.165, 1.54) is 0 Å². The van der Waals surface area contributed by atoms with Crippen molar-refractivity contribution >= 4 is 0 Å². The summed E-state index contributed by atoms with van der Waals surface area (Å²) in [6, 6.07) is 0. The van der Waals surface area contributed by atoms with Gasteiger partial charge in [-0.2, -0.15) is 0 Å². The summed E-state index contributed by atoms with van der Waals surface area (Å²) in [5, 5.41) is 0. The summed E-state index contributed by atoms with van der Waals surface area (Å²) in [4.78, 5) is 0. The van der Waals surface area contributed by atoms with Gasteiger partial charge in [0.2, 0.25) is 0 Å². The summed E-state index contributed by atoms with van der Waals surface area (Å²) >= 11 is 0. The smallest absolute Gasteiger partial charge is 0.0273 e. The SMILES string of the molecule is CC(C)C1C=C(N)C=CC1. The number of hydrogen-bond donors (Lipinski definition) is 1. The second-order valence-corrected chi connectivity index (χ2v) is 3.21. The first-order valence-electron chi connectivity index (χ1n) is 3.84. The van der Waals surface area contributed by atoms with Gasteiger partial charge in [0.1, 0.15) is 0 Å². The lowest BCUT2D eigenvalue weighted by Crippen LogP contribution is -2.10. The van der Waals surface area contributed by atoms with Crippen molar-refractivity contribution in [2.45, 2.75) is 20.3 Å². The van der Waals surface area contributed by atoms with Crippen LogP contribution in [0.3, 0.4) is 0 Å². The zero-order valence-electron chi connectivity index (χ0n) is 6.67. The molecule has 1 unspecified atom stereocenters. The molecular weight excluding hydrogens is 122 g/mol. The molecule has 1 atom stereocenters. The Morgan fingerprint density at radius 1 is 1.60 bits per heavy atom. The molecule has 1 heteroatoms. The Hall–Kier alpha value is -0.720. The van der Waals surface area contributed by atoms with Crippen LogP contribution < -0.4 is 5.73 Å². The third-order valence-corrected chi connectivity index (χ3v) is 1.98. The van der Waals surface area contributed by atoms with Crippen LogP contribution in [0.25, 0.3) is 0 Å². The van der Waals surface area contributed by atoms with Crippen molar-refractivity contribution in [3.05, 3.63) is 23.9 Å². The standard InChI is InChI=1S/C9H15N/c1-7(2)8-4-3-5-9(10)6-8/h3,5-8H,4,10H2,1-2H3. The molecule has 0 radical (unpaired) electrons. The first-order chi connectivity index (χ1) is 4.70. The highest BCUT2D eigenvalue weighted by atomic mass is 14.6. The highest BCUT2D eigenvalue weighted by Crippen LogP contribution is 2.21. The predicted octanol–water partition coefficient (Wildman–Crippen LogP) is 2.06. The second-order valence-electron chi connectivity index (χ2n) is 3.21. The first-order valence-corrected chi connectivity index (χ1v) is 3.84. The van der Waals surface area contributed by atoms with Crippen LogP contribution in [0.15, 0.2) is 23.9 Å². The van der Waals surface area contributed by atoms with Gasteiger partial charge in [0.15, 0.2) is 0 Å². The maximum Gasteiger partial charge on any atom is 0.0273 e. The molecule has 0 spiro atoms. The minimum atomic E-state index is 0.657. The summed E-state index contributed by atoms with van der Waals surface area (Å²) in [5.41, 5.74) is 6.56. The Morgan fingerprint density at radius 3 is 2.70 bits per heavy atom. The zero-order valence-corrected chi connectivity index (χ0v) is 6.67. The summed E-state index contributed by atoms with van der Waals surface area (Å²) < 4.78 is 0. The van der Waals surface area contributed by atoms with Gasteiger partial charge in [-0.3, -0.25) is 0 Å². The van der Waals surface area contributed by atoms with E-state index in [9.17, 15) is 0 Å². The van der Waals surface area contributed by atoms with Crippen LogP contribution in [-0.2, 0) is 0 Å². The van der Waals surface area contributed by atoms with E-state index in [0.717, 1.165) is 12.1 Å². The van der Waals surface area contributed by atoms with Gasteiger partial charge in [0, 0.05) is 5.70 Å². The van der Waals surface area contributed by atoms with Crippen LogP contribution in [-0.4, -0.2) is 0 Å². The summed E-state index contributed by atoms with van der Waals surface area (Å²) in [6.45, 7) is 4.46. The van der Waals surface area contributed by atoms with Crippen molar-refractivity contribution in [1.82, 2.24) is 0 Å². The fraction of sp³-hybridized carbons (Fsp3) is 0.556. The van der Waals surface area contributed by atoms with Gasteiger partial charge in [0.25, 0.3) is 0 Å². The van der Waals surface area contributed by atoms with Crippen molar-refractivity contribution in [2.75, 3.05) is 0 Å². The lowest BCUT2D eigenvalue weighted by atomic mass is 9.89. The van der Waals surface area contributed by atoms with Gasteiger partial charge in [-0.15, -0.1) is 0 Å². The monoisotopic (exact) mass is 137 g/mol. The molecule has 1 aliphatic carbocycles. The summed E-state index contributed by atoms with van der Waals surface area (Å²) in [5.74, 6) is 1.37. The average Bonchev–Trinajstić information content (AvgIpc) is 1.88. The van der Waals surface area contributed by atoms with E-state index in [1.54, 1.807) is 0 Å². The van der Waals surface area contributed by atoms with Gasteiger partial charge in [-0.25, -0.2) is 0 Å². The molecule has 0 aliphatic heterocycles. The van der Waals surface area contributed by atoms with E-state index in [-0.39, 0.29) is 0 Å². The van der Waals surface area contributed by atoms with Gasteiger partial charge < -0.3 is 5.73 Å². The highest BCUT2D eigenvalue weighted by molar-refractivity contribution is 5.20. The molecule has 56 valence electrons. The molecule has 0 saturated carbocycles. The molecule has 0 fully saturated rings. The Bertz CT molecular complexity index is 166. The van der Waals surface area contributed by atoms with E-state index in [2.05, 4.69) is 26.0 Å². The molecule has 0 aromatic carbocycles. The molecule has 2 N–H and O–H groups in total. The summed E-state index contributed by atoms with van der Waals surface area (Å²) in [6.07, 6.45) is 7.45.